The first-order chi connectivity index (χ1) is 9.59. The van der Waals surface area contributed by atoms with Crippen LogP contribution in [0.4, 0.5) is 4.79 Å². The number of urea groups is 1. The summed E-state index contributed by atoms with van der Waals surface area (Å²) in [7, 11) is 0. The lowest BCUT2D eigenvalue weighted by molar-refractivity contribution is -0.152. The van der Waals surface area contributed by atoms with Gasteiger partial charge in [-0.1, -0.05) is 13.3 Å². The molecule has 0 aliphatic carbocycles. The SMILES string of the molecule is CCCC1(C(=O)O)CCCN(C(=O)N2CCSCC2)C1. The van der Waals surface area contributed by atoms with Gasteiger partial charge < -0.3 is 14.9 Å². The molecule has 5 nitrogen and oxygen atoms in total. The standard InChI is InChI=1S/C14H24N2O3S/c1-2-4-14(12(17)18)5-3-6-16(11-14)13(19)15-7-9-20-10-8-15/h2-11H2,1H3,(H,17,18). The van der Waals surface area contributed by atoms with E-state index in [4.69, 9.17) is 0 Å². The maximum atomic E-state index is 12.5. The summed E-state index contributed by atoms with van der Waals surface area (Å²) < 4.78 is 0. The van der Waals surface area contributed by atoms with E-state index < -0.39 is 11.4 Å². The third kappa shape index (κ3) is 3.22. The summed E-state index contributed by atoms with van der Waals surface area (Å²) in [6.07, 6.45) is 2.98. The second kappa shape index (κ2) is 6.70. The number of nitrogens with zero attached hydrogens (tertiary/aromatic N) is 2. The van der Waals surface area contributed by atoms with Crippen LogP contribution in [0.1, 0.15) is 32.6 Å². The number of amides is 2. The van der Waals surface area contributed by atoms with Crippen molar-refractivity contribution in [3.63, 3.8) is 0 Å². The van der Waals surface area contributed by atoms with E-state index in [-0.39, 0.29) is 6.03 Å². The largest absolute Gasteiger partial charge is 0.481 e. The van der Waals surface area contributed by atoms with E-state index >= 15 is 0 Å². The van der Waals surface area contributed by atoms with Crippen molar-refractivity contribution in [1.29, 1.82) is 0 Å². The van der Waals surface area contributed by atoms with Crippen molar-refractivity contribution in [1.82, 2.24) is 9.80 Å². The lowest BCUT2D eigenvalue weighted by Crippen LogP contribution is -2.54. The first-order valence-electron chi connectivity index (χ1n) is 7.44. The molecular formula is C14H24N2O3S. The van der Waals surface area contributed by atoms with Crippen molar-refractivity contribution in [2.45, 2.75) is 32.6 Å². The number of piperidine rings is 1. The number of likely N-dealkylation sites (tertiary alicyclic amines) is 1. The number of aliphatic carboxylic acids is 1. The molecule has 0 saturated carbocycles. The van der Waals surface area contributed by atoms with Crippen LogP contribution < -0.4 is 0 Å². The zero-order chi connectivity index (χ0) is 14.6. The maximum Gasteiger partial charge on any atom is 0.320 e. The van der Waals surface area contributed by atoms with Gasteiger partial charge in [0.05, 0.1) is 5.41 Å². The number of hydrogen-bond donors (Lipinski definition) is 1. The first kappa shape index (κ1) is 15.5. The summed E-state index contributed by atoms with van der Waals surface area (Å²) in [6.45, 7) is 4.65. The van der Waals surface area contributed by atoms with Crippen LogP contribution in [0.5, 0.6) is 0 Å². The Morgan fingerprint density at radius 3 is 2.50 bits per heavy atom. The lowest BCUT2D eigenvalue weighted by Gasteiger charge is -2.42. The molecule has 6 heteroatoms. The van der Waals surface area contributed by atoms with Gasteiger partial charge in [0.1, 0.15) is 0 Å². The molecule has 20 heavy (non-hydrogen) atoms. The summed E-state index contributed by atoms with van der Waals surface area (Å²) in [5, 5.41) is 9.57. The number of carbonyl (C=O) groups is 2. The van der Waals surface area contributed by atoms with Crippen LogP contribution in [0.3, 0.4) is 0 Å². The Hall–Kier alpha value is -0.910. The highest BCUT2D eigenvalue weighted by atomic mass is 32.2. The van der Waals surface area contributed by atoms with E-state index in [9.17, 15) is 14.7 Å². The Balaban J connectivity index is 2.04. The van der Waals surface area contributed by atoms with E-state index in [0.717, 1.165) is 37.4 Å². The normalized spacial score (nSPS) is 27.4. The Morgan fingerprint density at radius 2 is 1.90 bits per heavy atom. The minimum Gasteiger partial charge on any atom is -0.481 e. The Kier molecular flexibility index (Phi) is 5.18. The summed E-state index contributed by atoms with van der Waals surface area (Å²) in [4.78, 5) is 27.8. The molecule has 114 valence electrons. The molecule has 0 aromatic heterocycles. The van der Waals surface area contributed by atoms with Gasteiger partial charge >= 0.3 is 12.0 Å². The number of carbonyl (C=O) groups excluding carboxylic acids is 1. The summed E-state index contributed by atoms with van der Waals surface area (Å²) in [6, 6.07) is 0.0340. The summed E-state index contributed by atoms with van der Waals surface area (Å²) >= 11 is 1.87. The zero-order valence-corrected chi connectivity index (χ0v) is 13.0. The fraction of sp³-hybridized carbons (Fsp3) is 0.857. The number of carboxylic acids is 1. The fourth-order valence-corrected chi connectivity index (χ4v) is 4.12. The molecule has 0 aromatic rings. The molecule has 2 heterocycles. The third-order valence-electron chi connectivity index (χ3n) is 4.31. The second-order valence-electron chi connectivity index (χ2n) is 5.74. The van der Waals surface area contributed by atoms with E-state index in [1.807, 2.05) is 23.6 Å². The molecule has 0 aromatic carbocycles. The van der Waals surface area contributed by atoms with E-state index in [1.54, 1.807) is 4.90 Å². The van der Waals surface area contributed by atoms with Crippen LogP contribution in [0, 0.1) is 5.41 Å². The van der Waals surface area contributed by atoms with Gasteiger partial charge in [-0.05, 0) is 19.3 Å². The molecule has 0 bridgehead atoms. The van der Waals surface area contributed by atoms with Crippen LogP contribution in [0.2, 0.25) is 0 Å². The van der Waals surface area contributed by atoms with Crippen LogP contribution in [0.25, 0.3) is 0 Å². The monoisotopic (exact) mass is 300 g/mol. The molecule has 2 amide bonds. The smallest absolute Gasteiger partial charge is 0.320 e. The summed E-state index contributed by atoms with van der Waals surface area (Å²) in [5.74, 6) is 1.23. The molecule has 1 N–H and O–H groups in total. The molecule has 2 fully saturated rings. The zero-order valence-electron chi connectivity index (χ0n) is 12.1. The lowest BCUT2D eigenvalue weighted by atomic mass is 9.76. The molecule has 0 radical (unpaired) electrons. The Morgan fingerprint density at radius 1 is 1.20 bits per heavy atom. The first-order valence-corrected chi connectivity index (χ1v) is 8.59. The predicted octanol–water partition coefficient (Wildman–Crippen LogP) is 2.12. The quantitative estimate of drug-likeness (QED) is 0.867. The van der Waals surface area contributed by atoms with Crippen molar-refractivity contribution in [2.75, 3.05) is 37.7 Å². The highest BCUT2D eigenvalue weighted by Gasteiger charge is 2.43. The Labute approximate surface area is 124 Å². The number of carboxylic acid groups (broad SMARTS) is 1. The van der Waals surface area contributed by atoms with E-state index in [2.05, 4.69) is 0 Å². The molecule has 2 saturated heterocycles. The van der Waals surface area contributed by atoms with Crippen molar-refractivity contribution < 1.29 is 14.7 Å². The second-order valence-corrected chi connectivity index (χ2v) is 6.97. The summed E-state index contributed by atoms with van der Waals surface area (Å²) in [5.41, 5.74) is -0.729. The van der Waals surface area contributed by atoms with Crippen LogP contribution in [-0.4, -0.2) is 64.6 Å². The van der Waals surface area contributed by atoms with Crippen LogP contribution in [0.15, 0.2) is 0 Å². The van der Waals surface area contributed by atoms with Crippen molar-refractivity contribution in [2.24, 2.45) is 5.41 Å². The molecule has 2 rings (SSSR count). The number of hydrogen-bond acceptors (Lipinski definition) is 3. The number of rotatable bonds is 3. The van der Waals surface area contributed by atoms with Crippen molar-refractivity contribution >= 4 is 23.8 Å². The fourth-order valence-electron chi connectivity index (χ4n) is 3.21. The van der Waals surface area contributed by atoms with Gasteiger partial charge in [-0.25, -0.2) is 4.79 Å². The molecule has 0 spiro atoms. The molecule has 2 aliphatic heterocycles. The van der Waals surface area contributed by atoms with Gasteiger partial charge in [0, 0.05) is 37.7 Å². The minimum absolute atomic E-state index is 0.0340. The highest BCUT2D eigenvalue weighted by Crippen LogP contribution is 2.35. The van der Waals surface area contributed by atoms with Gasteiger partial charge in [-0.15, -0.1) is 0 Å². The van der Waals surface area contributed by atoms with Crippen LogP contribution in [-0.2, 0) is 4.79 Å². The third-order valence-corrected chi connectivity index (χ3v) is 5.25. The minimum atomic E-state index is -0.744. The topological polar surface area (TPSA) is 60.9 Å². The Bertz CT molecular complexity index is 367. The molecule has 1 unspecified atom stereocenters. The van der Waals surface area contributed by atoms with Crippen LogP contribution >= 0.6 is 11.8 Å². The van der Waals surface area contributed by atoms with Crippen molar-refractivity contribution in [3.05, 3.63) is 0 Å². The van der Waals surface area contributed by atoms with Gasteiger partial charge in [-0.2, -0.15) is 11.8 Å². The highest BCUT2D eigenvalue weighted by molar-refractivity contribution is 7.99. The molecule has 1 atom stereocenters. The number of thioether (sulfide) groups is 1. The average Bonchev–Trinajstić information content (AvgIpc) is 2.48. The maximum absolute atomic E-state index is 12.5. The van der Waals surface area contributed by atoms with E-state index in [1.165, 1.54) is 0 Å². The van der Waals surface area contributed by atoms with Gasteiger partial charge in [0.15, 0.2) is 0 Å². The van der Waals surface area contributed by atoms with Crippen molar-refractivity contribution in [3.8, 4) is 0 Å². The average molecular weight is 300 g/mol. The molecule has 2 aliphatic rings. The van der Waals surface area contributed by atoms with Gasteiger partial charge in [-0.3, -0.25) is 4.79 Å². The van der Waals surface area contributed by atoms with Gasteiger partial charge in [0.2, 0.25) is 0 Å². The predicted molar refractivity (Wildman–Crippen MR) is 80.1 cm³/mol. The van der Waals surface area contributed by atoms with Gasteiger partial charge in [0.25, 0.3) is 0 Å². The van der Waals surface area contributed by atoms with E-state index in [0.29, 0.717) is 25.9 Å². The molecular weight excluding hydrogens is 276 g/mol.